The minimum absolute atomic E-state index is 0.174. The van der Waals surface area contributed by atoms with Crippen LogP contribution in [0.5, 0.6) is 5.75 Å². The number of halogens is 1. The fourth-order valence-electron chi connectivity index (χ4n) is 4.39. The third kappa shape index (κ3) is 6.17. The second-order valence-corrected chi connectivity index (χ2v) is 8.48. The van der Waals surface area contributed by atoms with E-state index in [1.807, 2.05) is 41.3 Å². The molecule has 1 saturated heterocycles. The fourth-order valence-corrected chi connectivity index (χ4v) is 4.39. The highest BCUT2D eigenvalue weighted by Gasteiger charge is 2.27. The quantitative estimate of drug-likeness (QED) is 0.471. The lowest BCUT2D eigenvalue weighted by molar-refractivity contribution is -0.139. The minimum Gasteiger partial charge on any atom is -0.496 e. The number of aromatic nitrogens is 1. The summed E-state index contributed by atoms with van der Waals surface area (Å²) in [4.78, 5) is 33.5. The van der Waals surface area contributed by atoms with Crippen LogP contribution in [0, 0.1) is 5.82 Å². The van der Waals surface area contributed by atoms with Crippen molar-refractivity contribution in [2.24, 2.45) is 0 Å². The van der Waals surface area contributed by atoms with Gasteiger partial charge in [0.15, 0.2) is 0 Å². The number of hydrogen-bond acceptors (Lipinski definition) is 6. The molecule has 2 amide bonds. The van der Waals surface area contributed by atoms with E-state index in [2.05, 4.69) is 20.5 Å². The number of amides is 2. The maximum Gasteiger partial charge on any atom is 0.309 e. The molecule has 1 aliphatic heterocycles. The van der Waals surface area contributed by atoms with E-state index in [0.717, 1.165) is 11.1 Å². The highest BCUT2D eigenvalue weighted by molar-refractivity contribution is 6.35. The Balaban J connectivity index is 1.36. The zero-order valence-electron chi connectivity index (χ0n) is 20.2. The first-order valence-corrected chi connectivity index (χ1v) is 11.9. The van der Waals surface area contributed by atoms with Gasteiger partial charge >= 0.3 is 11.8 Å². The molecular weight excluding hydrogens is 461 g/mol. The summed E-state index contributed by atoms with van der Waals surface area (Å²) < 4.78 is 19.5. The zero-order valence-corrected chi connectivity index (χ0v) is 20.2. The molecule has 1 atom stereocenters. The molecule has 2 N–H and O–H groups in total. The van der Waals surface area contributed by atoms with Gasteiger partial charge in [-0.2, -0.15) is 0 Å². The van der Waals surface area contributed by atoms with Crippen LogP contribution in [0.3, 0.4) is 0 Å². The number of nitrogens with one attached hydrogen (secondary N) is 2. The Labute approximate surface area is 210 Å². The average Bonchev–Trinajstić information content (AvgIpc) is 2.93. The standard InChI is InChI=1S/C27H30FN5O3/c1-36-25-11-5-2-7-21(25)18-30-26(34)27(35)31-19-24(20-8-6-12-29-17-20)33-15-13-32(14-16-33)23-10-4-3-9-22(23)28/h2-12,17,24H,13-16,18-19H2,1H3,(H,30,34)(H,31,35)/t24-/m0/s1. The van der Waals surface area contributed by atoms with Gasteiger partial charge in [0, 0.05) is 57.2 Å². The summed E-state index contributed by atoms with van der Waals surface area (Å²) in [6, 6.07) is 17.7. The van der Waals surface area contributed by atoms with Crippen LogP contribution in [-0.2, 0) is 16.1 Å². The Morgan fingerprint density at radius 1 is 0.972 bits per heavy atom. The lowest BCUT2D eigenvalue weighted by Crippen LogP contribution is -2.51. The van der Waals surface area contributed by atoms with Gasteiger partial charge in [-0.15, -0.1) is 0 Å². The molecular formula is C27H30FN5O3. The van der Waals surface area contributed by atoms with Gasteiger partial charge in [-0.05, 0) is 29.8 Å². The molecule has 1 fully saturated rings. The number of piperazine rings is 1. The van der Waals surface area contributed by atoms with Crippen molar-refractivity contribution in [2.45, 2.75) is 12.6 Å². The molecule has 1 aliphatic rings. The summed E-state index contributed by atoms with van der Waals surface area (Å²) in [5.74, 6) is -1.01. The number of rotatable bonds is 8. The number of benzene rings is 2. The number of anilines is 1. The third-order valence-electron chi connectivity index (χ3n) is 6.31. The molecule has 4 rings (SSSR count). The molecule has 0 aliphatic carbocycles. The lowest BCUT2D eigenvalue weighted by atomic mass is 10.1. The van der Waals surface area contributed by atoms with E-state index < -0.39 is 11.8 Å². The Hall–Kier alpha value is -3.98. The van der Waals surface area contributed by atoms with Gasteiger partial charge in [0.2, 0.25) is 0 Å². The predicted molar refractivity (Wildman–Crippen MR) is 135 cm³/mol. The average molecular weight is 492 g/mol. The predicted octanol–water partition coefficient (Wildman–Crippen LogP) is 2.53. The molecule has 0 radical (unpaired) electrons. The van der Waals surface area contributed by atoms with E-state index in [9.17, 15) is 14.0 Å². The summed E-state index contributed by atoms with van der Waals surface area (Å²) in [5, 5.41) is 5.42. The fraction of sp³-hybridized carbons (Fsp3) is 0.296. The first-order chi connectivity index (χ1) is 17.6. The first-order valence-electron chi connectivity index (χ1n) is 11.9. The molecule has 0 bridgehead atoms. The van der Waals surface area contributed by atoms with Gasteiger partial charge in [0.25, 0.3) is 0 Å². The van der Waals surface area contributed by atoms with E-state index in [4.69, 9.17) is 4.74 Å². The minimum atomic E-state index is -0.713. The lowest BCUT2D eigenvalue weighted by Gasteiger charge is -2.40. The first kappa shape index (κ1) is 25.1. The van der Waals surface area contributed by atoms with Crippen LogP contribution in [0.1, 0.15) is 17.2 Å². The topological polar surface area (TPSA) is 86.8 Å². The molecule has 3 aromatic rings. The van der Waals surface area contributed by atoms with Crippen molar-refractivity contribution in [3.63, 3.8) is 0 Å². The van der Waals surface area contributed by atoms with E-state index in [0.29, 0.717) is 37.6 Å². The number of pyridine rings is 1. The van der Waals surface area contributed by atoms with Crippen LogP contribution in [-0.4, -0.2) is 61.5 Å². The summed E-state index contributed by atoms with van der Waals surface area (Å²) in [7, 11) is 1.56. The Morgan fingerprint density at radius 3 is 2.42 bits per heavy atom. The van der Waals surface area contributed by atoms with Crippen LogP contribution in [0.4, 0.5) is 10.1 Å². The summed E-state index contributed by atoms with van der Waals surface area (Å²) in [6.07, 6.45) is 3.46. The third-order valence-corrected chi connectivity index (χ3v) is 6.31. The van der Waals surface area contributed by atoms with E-state index in [1.54, 1.807) is 37.7 Å². The van der Waals surface area contributed by atoms with Gasteiger partial charge in [-0.25, -0.2) is 4.39 Å². The SMILES string of the molecule is COc1ccccc1CNC(=O)C(=O)NC[C@@H](c1cccnc1)N1CCN(c2ccccc2F)CC1. The zero-order chi connectivity index (χ0) is 25.3. The summed E-state index contributed by atoms with van der Waals surface area (Å²) in [6.45, 7) is 3.05. The van der Waals surface area contributed by atoms with E-state index >= 15 is 0 Å². The number of carbonyl (C=O) groups is 2. The number of methoxy groups -OCH3 is 1. The highest BCUT2D eigenvalue weighted by Crippen LogP contribution is 2.25. The number of nitrogens with zero attached hydrogens (tertiary/aromatic N) is 3. The second kappa shape index (κ2) is 12.1. The van der Waals surface area contributed by atoms with Crippen LogP contribution in [0.2, 0.25) is 0 Å². The van der Waals surface area contributed by atoms with Crippen LogP contribution in [0.25, 0.3) is 0 Å². The highest BCUT2D eigenvalue weighted by atomic mass is 19.1. The maximum atomic E-state index is 14.2. The Morgan fingerprint density at radius 2 is 1.69 bits per heavy atom. The van der Waals surface area contributed by atoms with Crippen molar-refractivity contribution in [1.29, 1.82) is 0 Å². The van der Waals surface area contributed by atoms with E-state index in [-0.39, 0.29) is 24.9 Å². The normalized spacial score (nSPS) is 14.7. The molecule has 0 spiro atoms. The monoisotopic (exact) mass is 491 g/mol. The van der Waals surface area contributed by atoms with Crippen molar-refractivity contribution in [2.75, 3.05) is 44.7 Å². The number of para-hydroxylation sites is 2. The molecule has 2 aromatic carbocycles. The van der Waals surface area contributed by atoms with Crippen molar-refractivity contribution >= 4 is 17.5 Å². The van der Waals surface area contributed by atoms with Crippen LogP contribution >= 0.6 is 0 Å². The van der Waals surface area contributed by atoms with Gasteiger partial charge < -0.3 is 20.3 Å². The van der Waals surface area contributed by atoms with Gasteiger partial charge in [0.1, 0.15) is 11.6 Å². The van der Waals surface area contributed by atoms with Crippen molar-refractivity contribution in [3.8, 4) is 5.75 Å². The van der Waals surface area contributed by atoms with Gasteiger partial charge in [-0.3, -0.25) is 19.5 Å². The van der Waals surface area contributed by atoms with Crippen molar-refractivity contribution in [3.05, 3.63) is 90.0 Å². The molecule has 0 unspecified atom stereocenters. The number of hydrogen-bond donors (Lipinski definition) is 2. The van der Waals surface area contributed by atoms with E-state index in [1.165, 1.54) is 6.07 Å². The summed E-state index contributed by atoms with van der Waals surface area (Å²) >= 11 is 0. The maximum absolute atomic E-state index is 14.2. The molecule has 1 aromatic heterocycles. The largest absolute Gasteiger partial charge is 0.496 e. The number of ether oxygens (including phenoxy) is 1. The van der Waals surface area contributed by atoms with Crippen molar-refractivity contribution in [1.82, 2.24) is 20.5 Å². The Bertz CT molecular complexity index is 1170. The molecule has 188 valence electrons. The van der Waals surface area contributed by atoms with Crippen LogP contribution in [0.15, 0.2) is 73.1 Å². The smallest absolute Gasteiger partial charge is 0.309 e. The second-order valence-electron chi connectivity index (χ2n) is 8.48. The number of carbonyl (C=O) groups excluding carboxylic acids is 2. The Kier molecular flexibility index (Phi) is 8.46. The van der Waals surface area contributed by atoms with Crippen LogP contribution < -0.4 is 20.3 Å². The van der Waals surface area contributed by atoms with Gasteiger partial charge in [-0.1, -0.05) is 36.4 Å². The molecule has 36 heavy (non-hydrogen) atoms. The van der Waals surface area contributed by atoms with Gasteiger partial charge in [0.05, 0.1) is 18.8 Å². The molecule has 0 saturated carbocycles. The molecule has 9 heteroatoms. The molecule has 8 nitrogen and oxygen atoms in total. The van der Waals surface area contributed by atoms with Crippen molar-refractivity contribution < 1.29 is 18.7 Å². The summed E-state index contributed by atoms with van der Waals surface area (Å²) in [5.41, 5.74) is 2.31. The molecule has 2 heterocycles.